The molecule has 1 aliphatic heterocycles. The first-order chi connectivity index (χ1) is 11.6. The van der Waals surface area contributed by atoms with Gasteiger partial charge in [0.15, 0.2) is 0 Å². The Bertz CT molecular complexity index is 536. The zero-order valence-corrected chi connectivity index (χ0v) is 14.5. The van der Waals surface area contributed by atoms with Gasteiger partial charge in [0.05, 0.1) is 12.5 Å². The summed E-state index contributed by atoms with van der Waals surface area (Å²) >= 11 is 0. The number of likely N-dealkylation sites (tertiary alicyclic amines) is 1. The molecule has 1 fully saturated rings. The van der Waals surface area contributed by atoms with Crippen molar-refractivity contribution in [2.45, 2.75) is 19.4 Å². The summed E-state index contributed by atoms with van der Waals surface area (Å²) in [5.41, 5.74) is 1.12. The van der Waals surface area contributed by atoms with E-state index in [9.17, 15) is 9.59 Å². The van der Waals surface area contributed by atoms with E-state index in [4.69, 9.17) is 4.74 Å². The molecule has 6 heteroatoms. The molecule has 0 aliphatic carbocycles. The smallest absolute Gasteiger partial charge is 0.227 e. The summed E-state index contributed by atoms with van der Waals surface area (Å²) in [4.78, 5) is 25.6. The molecule has 132 valence electrons. The zero-order valence-electron chi connectivity index (χ0n) is 14.5. The molecule has 1 aromatic rings. The molecule has 2 rings (SSSR count). The molecule has 0 radical (unpaired) electrons. The fourth-order valence-electron chi connectivity index (χ4n) is 3.13. The Morgan fingerprint density at radius 3 is 2.75 bits per heavy atom. The van der Waals surface area contributed by atoms with Crippen LogP contribution in [0.25, 0.3) is 0 Å². The number of ether oxygens (including phenoxy) is 1. The van der Waals surface area contributed by atoms with Gasteiger partial charge in [0.1, 0.15) is 0 Å². The van der Waals surface area contributed by atoms with Gasteiger partial charge in [0, 0.05) is 46.3 Å². The summed E-state index contributed by atoms with van der Waals surface area (Å²) in [6.07, 6.45) is 0.818. The van der Waals surface area contributed by atoms with Crippen LogP contribution >= 0.6 is 0 Å². The van der Waals surface area contributed by atoms with Gasteiger partial charge >= 0.3 is 0 Å². The Hall–Kier alpha value is -1.92. The molecule has 1 saturated heterocycles. The summed E-state index contributed by atoms with van der Waals surface area (Å²) < 4.78 is 5.12. The van der Waals surface area contributed by atoms with Crippen molar-refractivity contribution in [3.8, 4) is 0 Å². The number of amides is 2. The molecule has 1 aromatic carbocycles. The average molecular weight is 333 g/mol. The molecular formula is C18H27N3O3. The van der Waals surface area contributed by atoms with Crippen molar-refractivity contribution in [1.82, 2.24) is 15.5 Å². The highest BCUT2D eigenvalue weighted by molar-refractivity contribution is 5.82. The van der Waals surface area contributed by atoms with Gasteiger partial charge in [0.25, 0.3) is 0 Å². The largest absolute Gasteiger partial charge is 0.383 e. The van der Waals surface area contributed by atoms with Gasteiger partial charge < -0.3 is 20.3 Å². The van der Waals surface area contributed by atoms with E-state index in [-0.39, 0.29) is 23.8 Å². The maximum Gasteiger partial charge on any atom is 0.227 e. The van der Waals surface area contributed by atoms with Crippen LogP contribution in [0.3, 0.4) is 0 Å². The highest BCUT2D eigenvalue weighted by Crippen LogP contribution is 2.31. The van der Waals surface area contributed by atoms with E-state index < -0.39 is 0 Å². The molecule has 0 bridgehead atoms. The fourth-order valence-corrected chi connectivity index (χ4v) is 3.13. The third-order valence-electron chi connectivity index (χ3n) is 4.33. The number of nitrogens with zero attached hydrogens (tertiary/aromatic N) is 1. The van der Waals surface area contributed by atoms with Crippen LogP contribution < -0.4 is 10.6 Å². The van der Waals surface area contributed by atoms with Gasteiger partial charge in [-0.25, -0.2) is 0 Å². The minimum atomic E-state index is -0.0819. The van der Waals surface area contributed by atoms with Gasteiger partial charge in [-0.3, -0.25) is 9.59 Å². The standard InChI is InChI=1S/C18H27N3O3/c1-14(22)19-9-12-21-11-8-16(18(21)23)17(20-10-13-24-2)15-6-4-3-5-7-15/h3-7,16-17,20H,8-13H2,1-2H3,(H,19,22)/t16-,17-/m0/s1. The van der Waals surface area contributed by atoms with Gasteiger partial charge in [-0.15, -0.1) is 0 Å². The molecule has 2 amide bonds. The first kappa shape index (κ1) is 18.4. The minimum absolute atomic E-state index is 0.0142. The Kier molecular flexibility index (Phi) is 7.21. The molecule has 0 unspecified atom stereocenters. The van der Waals surface area contributed by atoms with Crippen LogP contribution in [-0.2, 0) is 14.3 Å². The summed E-state index contributed by atoms with van der Waals surface area (Å²) in [6.45, 7) is 4.59. The van der Waals surface area contributed by atoms with E-state index in [0.717, 1.165) is 18.5 Å². The maximum atomic E-state index is 12.8. The number of carbonyl (C=O) groups is 2. The second kappa shape index (κ2) is 9.39. The van der Waals surface area contributed by atoms with E-state index in [0.29, 0.717) is 26.2 Å². The molecule has 1 aliphatic rings. The lowest BCUT2D eigenvalue weighted by molar-refractivity contribution is -0.132. The number of nitrogens with one attached hydrogen (secondary N) is 2. The highest BCUT2D eigenvalue weighted by atomic mass is 16.5. The lowest BCUT2D eigenvalue weighted by atomic mass is 9.91. The van der Waals surface area contributed by atoms with Crippen molar-refractivity contribution in [1.29, 1.82) is 0 Å². The average Bonchev–Trinajstić information content (AvgIpc) is 2.93. The SMILES string of the molecule is COCCN[C@@H](c1ccccc1)[C@@H]1CCN(CCNC(C)=O)C1=O. The second-order valence-corrected chi connectivity index (χ2v) is 6.04. The number of hydrogen-bond acceptors (Lipinski definition) is 4. The number of rotatable bonds is 9. The molecule has 2 atom stereocenters. The molecule has 2 N–H and O–H groups in total. The van der Waals surface area contributed by atoms with Crippen LogP contribution in [0.2, 0.25) is 0 Å². The van der Waals surface area contributed by atoms with Crippen molar-refractivity contribution in [2.24, 2.45) is 5.92 Å². The number of methoxy groups -OCH3 is 1. The second-order valence-electron chi connectivity index (χ2n) is 6.04. The Morgan fingerprint density at radius 2 is 2.08 bits per heavy atom. The Labute approximate surface area is 143 Å². The number of hydrogen-bond donors (Lipinski definition) is 2. The molecule has 24 heavy (non-hydrogen) atoms. The van der Waals surface area contributed by atoms with Crippen LogP contribution in [0.5, 0.6) is 0 Å². The Balaban J connectivity index is 2.01. The van der Waals surface area contributed by atoms with Crippen LogP contribution in [0, 0.1) is 5.92 Å². The quantitative estimate of drug-likeness (QED) is 0.660. The minimum Gasteiger partial charge on any atom is -0.383 e. The van der Waals surface area contributed by atoms with Crippen molar-refractivity contribution in [3.05, 3.63) is 35.9 Å². The van der Waals surface area contributed by atoms with E-state index in [1.807, 2.05) is 23.1 Å². The topological polar surface area (TPSA) is 70.7 Å². The zero-order chi connectivity index (χ0) is 17.4. The molecule has 0 saturated carbocycles. The summed E-state index contributed by atoms with van der Waals surface area (Å²) in [5, 5.41) is 6.21. The molecule has 6 nitrogen and oxygen atoms in total. The van der Waals surface area contributed by atoms with E-state index in [1.165, 1.54) is 6.92 Å². The monoisotopic (exact) mass is 333 g/mol. The first-order valence-electron chi connectivity index (χ1n) is 8.44. The van der Waals surface area contributed by atoms with Gasteiger partial charge in [0.2, 0.25) is 11.8 Å². The summed E-state index contributed by atoms with van der Waals surface area (Å²) in [7, 11) is 1.67. The molecular weight excluding hydrogens is 306 g/mol. The third-order valence-corrected chi connectivity index (χ3v) is 4.33. The van der Waals surface area contributed by atoms with Crippen molar-refractivity contribution in [3.63, 3.8) is 0 Å². The van der Waals surface area contributed by atoms with Gasteiger partial charge in [-0.05, 0) is 12.0 Å². The first-order valence-corrected chi connectivity index (χ1v) is 8.44. The summed E-state index contributed by atoms with van der Waals surface area (Å²) in [6, 6.07) is 10.1. The molecule has 1 heterocycles. The van der Waals surface area contributed by atoms with Crippen LogP contribution in [0.1, 0.15) is 24.9 Å². The van der Waals surface area contributed by atoms with Crippen molar-refractivity contribution >= 4 is 11.8 Å². The van der Waals surface area contributed by atoms with Gasteiger partial charge in [-0.1, -0.05) is 30.3 Å². The summed E-state index contributed by atoms with van der Waals surface area (Å²) in [5.74, 6) is 0.00213. The van der Waals surface area contributed by atoms with Crippen molar-refractivity contribution in [2.75, 3.05) is 39.9 Å². The maximum absolute atomic E-state index is 12.8. The van der Waals surface area contributed by atoms with E-state index in [1.54, 1.807) is 7.11 Å². The number of benzene rings is 1. The van der Waals surface area contributed by atoms with E-state index in [2.05, 4.69) is 22.8 Å². The normalized spacial score (nSPS) is 18.7. The lowest BCUT2D eigenvalue weighted by Gasteiger charge is -2.25. The van der Waals surface area contributed by atoms with Crippen LogP contribution in [0.4, 0.5) is 0 Å². The Morgan fingerprint density at radius 1 is 1.33 bits per heavy atom. The van der Waals surface area contributed by atoms with Crippen LogP contribution in [0.15, 0.2) is 30.3 Å². The molecule has 0 aromatic heterocycles. The number of carbonyl (C=O) groups excluding carboxylic acids is 2. The third kappa shape index (κ3) is 5.04. The fraction of sp³-hybridized carbons (Fsp3) is 0.556. The highest BCUT2D eigenvalue weighted by Gasteiger charge is 2.37. The molecule has 0 spiro atoms. The predicted molar refractivity (Wildman–Crippen MR) is 92.4 cm³/mol. The van der Waals surface area contributed by atoms with Gasteiger partial charge in [-0.2, -0.15) is 0 Å². The predicted octanol–water partition coefficient (Wildman–Crippen LogP) is 0.948. The lowest BCUT2D eigenvalue weighted by Crippen LogP contribution is -2.39. The van der Waals surface area contributed by atoms with Crippen LogP contribution in [-0.4, -0.2) is 56.6 Å². The van der Waals surface area contributed by atoms with E-state index >= 15 is 0 Å². The van der Waals surface area contributed by atoms with Crippen molar-refractivity contribution < 1.29 is 14.3 Å².